The van der Waals surface area contributed by atoms with Gasteiger partial charge in [0.15, 0.2) is 0 Å². The van der Waals surface area contributed by atoms with Crippen molar-refractivity contribution in [3.63, 3.8) is 0 Å². The lowest BCUT2D eigenvalue weighted by atomic mass is 9.84. The highest BCUT2D eigenvalue weighted by atomic mass is 16.5. The summed E-state index contributed by atoms with van der Waals surface area (Å²) in [6, 6.07) is 0.110. The Kier molecular flexibility index (Phi) is 5.90. The molecule has 3 unspecified atom stereocenters. The van der Waals surface area contributed by atoms with Crippen molar-refractivity contribution in [3.8, 4) is 0 Å². The molecule has 17 heavy (non-hydrogen) atoms. The molecule has 2 N–H and O–H groups in total. The predicted octanol–water partition coefficient (Wildman–Crippen LogP) is 2.72. The van der Waals surface area contributed by atoms with Crippen LogP contribution in [0.2, 0.25) is 0 Å². The van der Waals surface area contributed by atoms with Crippen molar-refractivity contribution in [1.29, 1.82) is 0 Å². The second-order valence-electron chi connectivity index (χ2n) is 6.18. The fourth-order valence-electron chi connectivity index (χ4n) is 2.38. The predicted molar refractivity (Wildman–Crippen MR) is 71.1 cm³/mol. The number of hydrogen-bond donors (Lipinski definition) is 1. The summed E-state index contributed by atoms with van der Waals surface area (Å²) in [7, 11) is 0. The number of hydrogen-bond acceptors (Lipinski definition) is 3. The van der Waals surface area contributed by atoms with Gasteiger partial charge < -0.3 is 15.2 Å². The summed E-state index contributed by atoms with van der Waals surface area (Å²) >= 11 is 0. The molecule has 3 nitrogen and oxygen atoms in total. The standard InChI is InChI=1S/C14H29NO2/c1-5-12(15)13(14(2,3)4)17-10-11-8-6-7-9-16-11/h11-13H,5-10,15H2,1-4H3. The normalized spacial score (nSPS) is 25.6. The molecular formula is C14H29NO2. The van der Waals surface area contributed by atoms with Gasteiger partial charge in [-0.2, -0.15) is 0 Å². The first-order valence-electron chi connectivity index (χ1n) is 6.94. The van der Waals surface area contributed by atoms with Crippen molar-refractivity contribution >= 4 is 0 Å². The largest absolute Gasteiger partial charge is 0.376 e. The second-order valence-corrected chi connectivity index (χ2v) is 6.18. The van der Waals surface area contributed by atoms with E-state index in [0.29, 0.717) is 6.61 Å². The van der Waals surface area contributed by atoms with Crippen molar-refractivity contribution < 1.29 is 9.47 Å². The molecule has 0 saturated carbocycles. The van der Waals surface area contributed by atoms with Crippen LogP contribution in [0.4, 0.5) is 0 Å². The Hall–Kier alpha value is -0.120. The second kappa shape index (κ2) is 6.72. The molecule has 0 aromatic rings. The lowest BCUT2D eigenvalue weighted by Crippen LogP contribution is -2.46. The molecule has 0 bridgehead atoms. The van der Waals surface area contributed by atoms with Gasteiger partial charge in [0.2, 0.25) is 0 Å². The molecule has 0 aromatic heterocycles. The third-order valence-electron chi connectivity index (χ3n) is 3.45. The molecule has 0 aromatic carbocycles. The molecule has 1 saturated heterocycles. The van der Waals surface area contributed by atoms with Gasteiger partial charge >= 0.3 is 0 Å². The average molecular weight is 243 g/mol. The topological polar surface area (TPSA) is 44.5 Å². The highest BCUT2D eigenvalue weighted by molar-refractivity contribution is 4.84. The third-order valence-corrected chi connectivity index (χ3v) is 3.45. The summed E-state index contributed by atoms with van der Waals surface area (Å²) < 4.78 is 11.7. The maximum absolute atomic E-state index is 6.15. The van der Waals surface area contributed by atoms with Gasteiger partial charge in [0, 0.05) is 12.6 Å². The van der Waals surface area contributed by atoms with E-state index in [0.717, 1.165) is 19.4 Å². The molecule has 3 atom stereocenters. The quantitative estimate of drug-likeness (QED) is 0.807. The van der Waals surface area contributed by atoms with E-state index in [1.807, 2.05) is 0 Å². The molecular weight excluding hydrogens is 214 g/mol. The van der Waals surface area contributed by atoms with Gasteiger partial charge in [0.25, 0.3) is 0 Å². The van der Waals surface area contributed by atoms with E-state index in [9.17, 15) is 0 Å². The fraction of sp³-hybridized carbons (Fsp3) is 1.00. The van der Waals surface area contributed by atoms with Crippen molar-refractivity contribution in [2.45, 2.75) is 71.6 Å². The number of rotatable bonds is 5. The molecule has 1 aliphatic rings. The minimum absolute atomic E-state index is 0.0874. The first kappa shape index (κ1) is 14.9. The van der Waals surface area contributed by atoms with Crippen LogP contribution in [0, 0.1) is 5.41 Å². The molecule has 3 heteroatoms. The molecule has 1 aliphatic heterocycles. The molecule has 1 heterocycles. The van der Waals surface area contributed by atoms with Crippen LogP contribution in [-0.2, 0) is 9.47 Å². The van der Waals surface area contributed by atoms with Crippen LogP contribution < -0.4 is 5.73 Å². The molecule has 102 valence electrons. The average Bonchev–Trinajstić information content (AvgIpc) is 2.28. The van der Waals surface area contributed by atoms with Crippen molar-refractivity contribution in [2.24, 2.45) is 11.1 Å². The highest BCUT2D eigenvalue weighted by Crippen LogP contribution is 2.26. The smallest absolute Gasteiger partial charge is 0.0808 e. The van der Waals surface area contributed by atoms with Gasteiger partial charge in [0.05, 0.1) is 18.8 Å². The molecule has 0 amide bonds. The summed E-state index contributed by atoms with van der Waals surface area (Å²) in [5.41, 5.74) is 6.24. The van der Waals surface area contributed by atoms with Gasteiger partial charge in [-0.1, -0.05) is 27.7 Å². The maximum Gasteiger partial charge on any atom is 0.0808 e. The fourth-order valence-corrected chi connectivity index (χ4v) is 2.38. The van der Waals surface area contributed by atoms with Crippen LogP contribution in [0.3, 0.4) is 0 Å². The van der Waals surface area contributed by atoms with Crippen LogP contribution in [0.1, 0.15) is 53.4 Å². The van der Waals surface area contributed by atoms with E-state index in [1.165, 1.54) is 12.8 Å². The first-order chi connectivity index (χ1) is 7.95. The van der Waals surface area contributed by atoms with Gasteiger partial charge in [-0.05, 0) is 31.1 Å². The monoisotopic (exact) mass is 243 g/mol. The third kappa shape index (κ3) is 4.94. The van der Waals surface area contributed by atoms with E-state index in [-0.39, 0.29) is 23.7 Å². The minimum Gasteiger partial charge on any atom is -0.376 e. The van der Waals surface area contributed by atoms with Crippen molar-refractivity contribution in [2.75, 3.05) is 13.2 Å². The van der Waals surface area contributed by atoms with Gasteiger partial charge in [0.1, 0.15) is 0 Å². The van der Waals surface area contributed by atoms with Crippen LogP contribution in [0.15, 0.2) is 0 Å². The zero-order chi connectivity index (χ0) is 12.9. The summed E-state index contributed by atoms with van der Waals surface area (Å²) in [4.78, 5) is 0. The Balaban J connectivity index is 2.43. The lowest BCUT2D eigenvalue weighted by molar-refractivity contribution is -0.0962. The van der Waals surface area contributed by atoms with Gasteiger partial charge in [-0.25, -0.2) is 0 Å². The van der Waals surface area contributed by atoms with E-state index >= 15 is 0 Å². The van der Waals surface area contributed by atoms with E-state index < -0.39 is 0 Å². The Bertz CT molecular complexity index is 207. The SMILES string of the molecule is CCC(N)C(OCC1CCCCO1)C(C)(C)C. The lowest BCUT2D eigenvalue weighted by Gasteiger charge is -2.36. The highest BCUT2D eigenvalue weighted by Gasteiger charge is 2.31. The maximum atomic E-state index is 6.15. The number of nitrogens with two attached hydrogens (primary N) is 1. The number of ether oxygens (including phenoxy) is 2. The molecule has 1 rings (SSSR count). The summed E-state index contributed by atoms with van der Waals surface area (Å²) in [6.07, 6.45) is 4.91. The Morgan fingerprint density at radius 2 is 2.06 bits per heavy atom. The molecule has 0 spiro atoms. The zero-order valence-electron chi connectivity index (χ0n) is 11.9. The zero-order valence-corrected chi connectivity index (χ0v) is 11.9. The molecule has 0 radical (unpaired) electrons. The van der Waals surface area contributed by atoms with Gasteiger partial charge in [-0.3, -0.25) is 0 Å². The van der Waals surface area contributed by atoms with Gasteiger partial charge in [-0.15, -0.1) is 0 Å². The summed E-state index contributed by atoms with van der Waals surface area (Å²) in [5, 5.41) is 0. The Morgan fingerprint density at radius 3 is 2.53 bits per heavy atom. The van der Waals surface area contributed by atoms with E-state index in [1.54, 1.807) is 0 Å². The van der Waals surface area contributed by atoms with Crippen LogP contribution >= 0.6 is 0 Å². The molecule has 1 fully saturated rings. The summed E-state index contributed by atoms with van der Waals surface area (Å²) in [5.74, 6) is 0. The summed E-state index contributed by atoms with van der Waals surface area (Å²) in [6.45, 7) is 10.3. The first-order valence-corrected chi connectivity index (χ1v) is 6.94. The van der Waals surface area contributed by atoms with Crippen molar-refractivity contribution in [1.82, 2.24) is 0 Å². The van der Waals surface area contributed by atoms with Crippen molar-refractivity contribution in [3.05, 3.63) is 0 Å². The van der Waals surface area contributed by atoms with Crippen LogP contribution in [-0.4, -0.2) is 31.5 Å². The molecule has 0 aliphatic carbocycles. The van der Waals surface area contributed by atoms with E-state index in [2.05, 4.69) is 27.7 Å². The Morgan fingerprint density at radius 1 is 1.35 bits per heavy atom. The minimum atomic E-state index is 0.0874. The van der Waals surface area contributed by atoms with Crippen LogP contribution in [0.5, 0.6) is 0 Å². The Labute approximate surface area is 106 Å². The van der Waals surface area contributed by atoms with Crippen LogP contribution in [0.25, 0.3) is 0 Å². The van der Waals surface area contributed by atoms with E-state index in [4.69, 9.17) is 15.2 Å².